The van der Waals surface area contributed by atoms with E-state index < -0.39 is 5.66 Å². The first kappa shape index (κ1) is 27.2. The Morgan fingerprint density at radius 3 is 2.64 bits per heavy atom. The molecular weight excluding hydrogens is 453 g/mol. The second-order valence-corrected chi connectivity index (χ2v) is 9.32. The summed E-state index contributed by atoms with van der Waals surface area (Å²) in [7, 11) is 0. The van der Waals surface area contributed by atoms with Gasteiger partial charge in [-0.25, -0.2) is 4.39 Å². The topological polar surface area (TPSA) is 80.1 Å². The van der Waals surface area contributed by atoms with E-state index in [1.54, 1.807) is 13.0 Å². The van der Waals surface area contributed by atoms with Crippen molar-refractivity contribution in [3.05, 3.63) is 94.7 Å². The van der Waals surface area contributed by atoms with Crippen LogP contribution in [0.3, 0.4) is 0 Å². The average Bonchev–Trinajstić information content (AvgIpc) is 3.25. The number of H-pyrrole nitrogens is 1. The van der Waals surface area contributed by atoms with Crippen molar-refractivity contribution in [3.63, 3.8) is 0 Å². The van der Waals surface area contributed by atoms with Crippen LogP contribution in [0.1, 0.15) is 63.1 Å². The monoisotopic (exact) mass is 491 g/mol. The van der Waals surface area contributed by atoms with Crippen LogP contribution in [0.2, 0.25) is 0 Å². The minimum absolute atomic E-state index is 0.0796. The Kier molecular flexibility index (Phi) is 9.10. The molecule has 4 rings (SSSR count). The zero-order chi connectivity index (χ0) is 26.3. The van der Waals surface area contributed by atoms with Crippen LogP contribution in [0.15, 0.2) is 72.1 Å². The molecule has 2 aromatic carbocycles. The maximum Gasteiger partial charge on any atom is 0.252 e. The number of aromatic nitrogens is 1. The lowest BCUT2D eigenvalue weighted by molar-refractivity contribution is -0.119. The van der Waals surface area contributed by atoms with E-state index in [0.717, 1.165) is 28.5 Å². The molecule has 0 bridgehead atoms. The Morgan fingerprint density at radius 2 is 1.94 bits per heavy atom. The predicted molar refractivity (Wildman–Crippen MR) is 145 cm³/mol. The maximum absolute atomic E-state index is 13.8. The number of halogens is 1. The minimum atomic E-state index is -1.04. The Balaban J connectivity index is 0.00000176. The van der Waals surface area contributed by atoms with E-state index in [9.17, 15) is 9.18 Å². The first-order valence-corrected chi connectivity index (χ1v) is 12.7. The van der Waals surface area contributed by atoms with Gasteiger partial charge in [0.15, 0.2) is 0 Å². The van der Waals surface area contributed by atoms with E-state index in [4.69, 9.17) is 10.5 Å². The number of fused-ring (bicyclic) bond motifs is 1. The summed E-state index contributed by atoms with van der Waals surface area (Å²) in [4.78, 5) is 16.6. The number of carbonyl (C=O) groups is 1. The van der Waals surface area contributed by atoms with Crippen LogP contribution < -0.4 is 11.1 Å². The number of aromatic amines is 1. The van der Waals surface area contributed by atoms with Gasteiger partial charge in [-0.3, -0.25) is 4.79 Å². The van der Waals surface area contributed by atoms with Crippen LogP contribution in [0.25, 0.3) is 10.9 Å². The number of aryl methyl sites for hydroxylation is 1. The van der Waals surface area contributed by atoms with Crippen molar-refractivity contribution in [2.75, 3.05) is 6.61 Å². The molecule has 4 N–H and O–H groups in total. The van der Waals surface area contributed by atoms with E-state index in [1.807, 2.05) is 33.0 Å². The molecule has 0 spiro atoms. The lowest BCUT2D eigenvalue weighted by atomic mass is 9.86. The average molecular weight is 492 g/mol. The van der Waals surface area contributed by atoms with Crippen LogP contribution in [0, 0.1) is 12.7 Å². The molecule has 192 valence electrons. The fraction of sp³-hybridized carbons (Fsp3) is 0.367. The third-order valence-corrected chi connectivity index (χ3v) is 6.13. The summed E-state index contributed by atoms with van der Waals surface area (Å²) < 4.78 is 19.7. The molecule has 36 heavy (non-hydrogen) atoms. The third kappa shape index (κ3) is 6.64. The Bertz CT molecular complexity index is 1240. The lowest BCUT2D eigenvalue weighted by Crippen LogP contribution is -2.55. The van der Waals surface area contributed by atoms with E-state index in [0.29, 0.717) is 30.8 Å². The van der Waals surface area contributed by atoms with Crippen molar-refractivity contribution >= 4 is 16.8 Å². The molecule has 2 unspecified atom stereocenters. The van der Waals surface area contributed by atoms with Crippen molar-refractivity contribution < 1.29 is 13.9 Å². The highest BCUT2D eigenvalue weighted by Gasteiger charge is 2.29. The number of allylic oxidation sites excluding steroid dienone is 2. The minimum Gasteiger partial charge on any atom is -0.493 e. The first-order valence-electron chi connectivity index (χ1n) is 12.7. The van der Waals surface area contributed by atoms with E-state index in [2.05, 4.69) is 47.6 Å². The molecule has 1 heterocycles. The van der Waals surface area contributed by atoms with E-state index >= 15 is 0 Å². The Morgan fingerprint density at radius 1 is 1.22 bits per heavy atom. The fourth-order valence-corrected chi connectivity index (χ4v) is 4.36. The van der Waals surface area contributed by atoms with Gasteiger partial charge in [-0.15, -0.1) is 0 Å². The third-order valence-electron chi connectivity index (χ3n) is 6.13. The van der Waals surface area contributed by atoms with Crippen LogP contribution in [0.4, 0.5) is 4.39 Å². The van der Waals surface area contributed by atoms with Gasteiger partial charge >= 0.3 is 0 Å². The van der Waals surface area contributed by atoms with Gasteiger partial charge < -0.3 is 20.8 Å². The Hall–Kier alpha value is -3.38. The summed E-state index contributed by atoms with van der Waals surface area (Å²) >= 11 is 0. The van der Waals surface area contributed by atoms with Crippen molar-refractivity contribution in [2.45, 2.75) is 65.5 Å². The maximum atomic E-state index is 13.8. The van der Waals surface area contributed by atoms with Gasteiger partial charge in [-0.2, -0.15) is 0 Å². The zero-order valence-electron chi connectivity index (χ0n) is 22.0. The smallest absolute Gasteiger partial charge is 0.252 e. The molecule has 0 saturated heterocycles. The number of rotatable bonds is 8. The van der Waals surface area contributed by atoms with Crippen LogP contribution >= 0.6 is 0 Å². The largest absolute Gasteiger partial charge is 0.493 e. The zero-order valence-corrected chi connectivity index (χ0v) is 22.0. The fourth-order valence-electron chi connectivity index (χ4n) is 4.36. The highest BCUT2D eigenvalue weighted by molar-refractivity contribution is 5.95. The van der Waals surface area contributed by atoms with Gasteiger partial charge in [-0.1, -0.05) is 56.7 Å². The number of amides is 1. The van der Waals surface area contributed by atoms with Gasteiger partial charge in [-0.05, 0) is 62.1 Å². The Labute approximate surface area is 213 Å². The molecule has 0 saturated carbocycles. The first-order chi connectivity index (χ1) is 17.3. The molecular formula is C30H38FN3O2. The SMILES string of the molecule is CC.CCCOC1=C(C(=O)NC(C)(N)Cc2c[nH]c3ccc(F)cc23)CC(c2ccc(C)cc2)C=C1. The number of nitrogens with one attached hydrogen (secondary N) is 2. The van der Waals surface area contributed by atoms with Crippen molar-refractivity contribution in [1.82, 2.24) is 10.3 Å². The standard InChI is InChI=1S/C28H32FN3O2.C2H6/c1-4-13-34-26-12-9-20(19-7-5-18(2)6-8-19)14-24(26)27(33)32-28(3,30)16-21-17-31-25-11-10-22(29)15-23(21)25;1-2/h5-12,15,17,20,31H,4,13-14,16,30H2,1-3H3,(H,32,33);1-2H3. The van der Waals surface area contributed by atoms with Crippen LogP contribution in [0.5, 0.6) is 0 Å². The van der Waals surface area contributed by atoms with Gasteiger partial charge in [0, 0.05) is 29.4 Å². The van der Waals surface area contributed by atoms with Gasteiger partial charge in [0.1, 0.15) is 11.6 Å². The number of hydrogen-bond acceptors (Lipinski definition) is 3. The van der Waals surface area contributed by atoms with E-state index in [1.165, 1.54) is 17.7 Å². The van der Waals surface area contributed by atoms with Gasteiger partial charge in [0.25, 0.3) is 5.91 Å². The molecule has 1 aromatic heterocycles. The lowest BCUT2D eigenvalue weighted by Gasteiger charge is -2.29. The molecule has 6 heteroatoms. The summed E-state index contributed by atoms with van der Waals surface area (Å²) in [5, 5.41) is 3.75. The van der Waals surface area contributed by atoms with Gasteiger partial charge in [0.05, 0.1) is 17.8 Å². The second-order valence-electron chi connectivity index (χ2n) is 9.32. The summed E-state index contributed by atoms with van der Waals surface area (Å²) in [5.74, 6) is 0.113. The van der Waals surface area contributed by atoms with Crippen LogP contribution in [-0.2, 0) is 16.0 Å². The summed E-state index contributed by atoms with van der Waals surface area (Å²) in [6.45, 7) is 10.4. The molecule has 3 aromatic rings. The number of hydrogen-bond donors (Lipinski definition) is 3. The molecule has 5 nitrogen and oxygen atoms in total. The second kappa shape index (κ2) is 12.0. The summed E-state index contributed by atoms with van der Waals surface area (Å²) in [6, 6.07) is 12.9. The van der Waals surface area contributed by atoms with Crippen molar-refractivity contribution in [3.8, 4) is 0 Å². The summed E-state index contributed by atoms with van der Waals surface area (Å²) in [5.41, 5.74) is 10.1. The summed E-state index contributed by atoms with van der Waals surface area (Å²) in [6.07, 6.45) is 7.52. The van der Waals surface area contributed by atoms with Gasteiger partial charge in [0.2, 0.25) is 0 Å². The molecule has 2 atom stereocenters. The molecule has 0 radical (unpaired) electrons. The highest BCUT2D eigenvalue weighted by Crippen LogP contribution is 2.33. The highest BCUT2D eigenvalue weighted by atomic mass is 19.1. The normalized spacial score (nSPS) is 16.8. The quantitative estimate of drug-likeness (QED) is 0.319. The number of nitrogens with two attached hydrogens (primary N) is 1. The number of ether oxygens (including phenoxy) is 1. The van der Waals surface area contributed by atoms with Crippen LogP contribution in [-0.4, -0.2) is 23.2 Å². The molecule has 0 aliphatic heterocycles. The molecule has 0 fully saturated rings. The molecule has 1 aliphatic rings. The van der Waals surface area contributed by atoms with E-state index in [-0.39, 0.29) is 17.6 Å². The molecule has 1 amide bonds. The predicted octanol–water partition coefficient (Wildman–Crippen LogP) is 6.40. The van der Waals surface area contributed by atoms with Crippen molar-refractivity contribution in [2.24, 2.45) is 5.73 Å². The molecule has 1 aliphatic carbocycles. The van der Waals surface area contributed by atoms with Crippen molar-refractivity contribution in [1.29, 1.82) is 0 Å². The number of carbonyl (C=O) groups excluding carboxylic acids is 1. The number of benzene rings is 2.